The van der Waals surface area contributed by atoms with Gasteiger partial charge in [0.05, 0.1) is 12.2 Å². The molecule has 0 N–H and O–H groups in total. The molecular formula is C21H23NO5. The summed E-state index contributed by atoms with van der Waals surface area (Å²) in [6, 6.07) is 10.6. The fraction of sp³-hybridized carbons (Fsp3) is 0.381. The molecule has 0 radical (unpaired) electrons. The molecule has 0 unspecified atom stereocenters. The van der Waals surface area contributed by atoms with Gasteiger partial charge in [0.2, 0.25) is 0 Å². The van der Waals surface area contributed by atoms with Gasteiger partial charge in [0.15, 0.2) is 18.2 Å². The van der Waals surface area contributed by atoms with Gasteiger partial charge in [0.1, 0.15) is 0 Å². The Balaban J connectivity index is 1.45. The predicted octanol–water partition coefficient (Wildman–Crippen LogP) is 3.12. The fourth-order valence-corrected chi connectivity index (χ4v) is 3.14. The number of Topliss-reactive ketones (excluding diaryl/α,β-unsaturated/α-hetero) is 1. The standard InChI is InChI=1S/C21H23NO5/c1-2-15-5-7-16(8-6-15)18(23)14-27-21(25)17-9-11-22(12-10-17)20(24)19-4-3-13-26-19/h3-8,13,17H,2,9-12,14H2,1H3. The van der Waals surface area contributed by atoms with Crippen LogP contribution in [0.3, 0.4) is 0 Å². The van der Waals surface area contributed by atoms with E-state index in [0.29, 0.717) is 37.3 Å². The molecule has 0 aliphatic carbocycles. The zero-order valence-electron chi connectivity index (χ0n) is 15.3. The molecule has 3 rings (SSSR count). The summed E-state index contributed by atoms with van der Waals surface area (Å²) >= 11 is 0. The number of aryl methyl sites for hydroxylation is 1. The largest absolute Gasteiger partial charge is 0.459 e. The van der Waals surface area contributed by atoms with Crippen molar-refractivity contribution in [3.8, 4) is 0 Å². The molecule has 2 aromatic rings. The molecular weight excluding hydrogens is 346 g/mol. The minimum absolute atomic E-state index is 0.169. The summed E-state index contributed by atoms with van der Waals surface area (Å²) in [6.07, 6.45) is 3.41. The van der Waals surface area contributed by atoms with Gasteiger partial charge in [-0.05, 0) is 37.0 Å². The summed E-state index contributed by atoms with van der Waals surface area (Å²) < 4.78 is 10.3. The number of benzene rings is 1. The minimum Gasteiger partial charge on any atom is -0.459 e. The summed E-state index contributed by atoms with van der Waals surface area (Å²) in [5.74, 6) is -0.746. The van der Waals surface area contributed by atoms with Gasteiger partial charge in [0, 0.05) is 18.7 Å². The second-order valence-electron chi connectivity index (χ2n) is 6.63. The molecule has 0 atom stereocenters. The Morgan fingerprint density at radius 2 is 1.81 bits per heavy atom. The van der Waals surface area contributed by atoms with Crippen LogP contribution < -0.4 is 0 Å². The molecule has 1 aliphatic rings. The Morgan fingerprint density at radius 3 is 2.41 bits per heavy atom. The van der Waals surface area contributed by atoms with Gasteiger partial charge in [-0.2, -0.15) is 0 Å². The van der Waals surface area contributed by atoms with Gasteiger partial charge in [-0.3, -0.25) is 14.4 Å². The van der Waals surface area contributed by atoms with Gasteiger partial charge in [-0.25, -0.2) is 0 Å². The summed E-state index contributed by atoms with van der Waals surface area (Å²) in [6.45, 7) is 2.72. The molecule has 0 spiro atoms. The number of ketones is 1. The third-order valence-electron chi connectivity index (χ3n) is 4.88. The first kappa shape index (κ1) is 18.9. The van der Waals surface area contributed by atoms with Crippen LogP contribution in [0.5, 0.6) is 0 Å². The Morgan fingerprint density at radius 1 is 1.11 bits per heavy atom. The average Bonchev–Trinajstić information content (AvgIpc) is 3.26. The van der Waals surface area contributed by atoms with Crippen molar-refractivity contribution >= 4 is 17.7 Å². The highest BCUT2D eigenvalue weighted by molar-refractivity contribution is 5.98. The van der Waals surface area contributed by atoms with Crippen LogP contribution in [0.25, 0.3) is 0 Å². The SMILES string of the molecule is CCc1ccc(C(=O)COC(=O)C2CCN(C(=O)c3ccco3)CC2)cc1. The molecule has 1 saturated heterocycles. The van der Waals surface area contributed by atoms with Crippen molar-refractivity contribution in [3.05, 3.63) is 59.5 Å². The van der Waals surface area contributed by atoms with Crippen molar-refractivity contribution < 1.29 is 23.5 Å². The first-order valence-corrected chi connectivity index (χ1v) is 9.20. The molecule has 6 nitrogen and oxygen atoms in total. The molecule has 1 aromatic carbocycles. The highest BCUT2D eigenvalue weighted by atomic mass is 16.5. The highest BCUT2D eigenvalue weighted by Gasteiger charge is 2.30. The van der Waals surface area contributed by atoms with Crippen LogP contribution in [0, 0.1) is 5.92 Å². The van der Waals surface area contributed by atoms with E-state index < -0.39 is 0 Å². The third-order valence-corrected chi connectivity index (χ3v) is 4.88. The number of nitrogens with zero attached hydrogens (tertiary/aromatic N) is 1. The average molecular weight is 369 g/mol. The maximum Gasteiger partial charge on any atom is 0.309 e. The lowest BCUT2D eigenvalue weighted by Gasteiger charge is -2.30. The van der Waals surface area contributed by atoms with Gasteiger partial charge >= 0.3 is 5.97 Å². The Hall–Kier alpha value is -2.89. The number of carbonyl (C=O) groups excluding carboxylic acids is 3. The molecule has 1 aromatic heterocycles. The minimum atomic E-state index is -0.376. The van der Waals surface area contributed by atoms with Crippen LogP contribution >= 0.6 is 0 Å². The van der Waals surface area contributed by atoms with E-state index in [0.717, 1.165) is 12.0 Å². The number of hydrogen-bond donors (Lipinski definition) is 0. The number of hydrogen-bond acceptors (Lipinski definition) is 5. The third kappa shape index (κ3) is 4.64. The number of piperidine rings is 1. The number of amides is 1. The van der Waals surface area contributed by atoms with Crippen molar-refractivity contribution in [1.82, 2.24) is 4.90 Å². The number of rotatable bonds is 6. The molecule has 0 bridgehead atoms. The number of furan rings is 1. The van der Waals surface area contributed by atoms with Crippen molar-refractivity contribution in [1.29, 1.82) is 0 Å². The summed E-state index contributed by atoms with van der Waals surface area (Å²) in [4.78, 5) is 38.3. The van der Waals surface area contributed by atoms with Crippen LogP contribution in [-0.4, -0.2) is 42.3 Å². The second-order valence-corrected chi connectivity index (χ2v) is 6.63. The Labute approximate surface area is 158 Å². The smallest absolute Gasteiger partial charge is 0.309 e. The van der Waals surface area contributed by atoms with E-state index in [-0.39, 0.29) is 30.2 Å². The zero-order chi connectivity index (χ0) is 19.2. The maximum atomic E-state index is 12.2. The Kier molecular flexibility index (Phi) is 6.06. The Bertz CT molecular complexity index is 786. The van der Waals surface area contributed by atoms with Gasteiger partial charge < -0.3 is 14.1 Å². The van der Waals surface area contributed by atoms with E-state index in [4.69, 9.17) is 9.15 Å². The first-order chi connectivity index (χ1) is 13.1. The van der Waals surface area contributed by atoms with E-state index in [9.17, 15) is 14.4 Å². The van der Waals surface area contributed by atoms with Crippen molar-refractivity contribution in [2.75, 3.05) is 19.7 Å². The van der Waals surface area contributed by atoms with E-state index in [2.05, 4.69) is 0 Å². The van der Waals surface area contributed by atoms with Crippen LogP contribution in [0.4, 0.5) is 0 Å². The summed E-state index contributed by atoms with van der Waals surface area (Å²) in [5.41, 5.74) is 1.69. The van der Waals surface area contributed by atoms with E-state index in [1.54, 1.807) is 29.2 Å². The lowest BCUT2D eigenvalue weighted by Crippen LogP contribution is -2.40. The molecule has 1 aliphatic heterocycles. The molecule has 0 saturated carbocycles. The number of esters is 1. The molecule has 1 amide bonds. The number of carbonyl (C=O) groups is 3. The molecule has 27 heavy (non-hydrogen) atoms. The molecule has 6 heteroatoms. The molecule has 1 fully saturated rings. The summed E-state index contributed by atoms with van der Waals surface area (Å²) in [7, 11) is 0. The second kappa shape index (κ2) is 8.66. The monoisotopic (exact) mass is 369 g/mol. The topological polar surface area (TPSA) is 76.8 Å². The van der Waals surface area contributed by atoms with E-state index in [1.807, 2.05) is 19.1 Å². The normalized spacial score (nSPS) is 14.8. The van der Waals surface area contributed by atoms with Gasteiger partial charge in [-0.1, -0.05) is 31.2 Å². The quantitative estimate of drug-likeness (QED) is 0.578. The van der Waals surface area contributed by atoms with Crippen LogP contribution in [0.15, 0.2) is 47.1 Å². The molecule has 142 valence electrons. The van der Waals surface area contributed by atoms with Crippen LogP contribution in [0.1, 0.15) is 46.2 Å². The van der Waals surface area contributed by atoms with E-state index >= 15 is 0 Å². The molecule has 2 heterocycles. The van der Waals surface area contributed by atoms with Gasteiger partial charge in [0.25, 0.3) is 5.91 Å². The van der Waals surface area contributed by atoms with Crippen molar-refractivity contribution in [3.63, 3.8) is 0 Å². The lowest BCUT2D eigenvalue weighted by molar-refractivity contribution is -0.148. The maximum absolute atomic E-state index is 12.2. The number of ether oxygens (including phenoxy) is 1. The van der Waals surface area contributed by atoms with Crippen molar-refractivity contribution in [2.24, 2.45) is 5.92 Å². The van der Waals surface area contributed by atoms with Crippen LogP contribution in [-0.2, 0) is 16.0 Å². The van der Waals surface area contributed by atoms with Crippen molar-refractivity contribution in [2.45, 2.75) is 26.2 Å². The fourth-order valence-electron chi connectivity index (χ4n) is 3.14. The summed E-state index contributed by atoms with van der Waals surface area (Å²) in [5, 5.41) is 0. The predicted molar refractivity (Wildman–Crippen MR) is 98.4 cm³/mol. The lowest BCUT2D eigenvalue weighted by atomic mass is 9.97. The van der Waals surface area contributed by atoms with E-state index in [1.165, 1.54) is 6.26 Å². The van der Waals surface area contributed by atoms with Crippen LogP contribution in [0.2, 0.25) is 0 Å². The zero-order valence-corrected chi connectivity index (χ0v) is 15.3. The highest BCUT2D eigenvalue weighted by Crippen LogP contribution is 2.20. The van der Waals surface area contributed by atoms with Gasteiger partial charge in [-0.15, -0.1) is 0 Å². The number of likely N-dealkylation sites (tertiary alicyclic amines) is 1. The first-order valence-electron chi connectivity index (χ1n) is 9.20.